The van der Waals surface area contributed by atoms with E-state index in [1.807, 2.05) is 0 Å². The van der Waals surface area contributed by atoms with E-state index in [4.69, 9.17) is 0 Å². The van der Waals surface area contributed by atoms with Crippen molar-refractivity contribution >= 4 is 5.91 Å². The van der Waals surface area contributed by atoms with Gasteiger partial charge in [-0.2, -0.15) is 0 Å². The average Bonchev–Trinajstić information content (AvgIpc) is 2.73. The molecular formula is C26H51NO3. The zero-order chi connectivity index (χ0) is 22.5. The van der Waals surface area contributed by atoms with Crippen LogP contribution in [0.2, 0.25) is 0 Å². The van der Waals surface area contributed by atoms with Crippen molar-refractivity contribution in [1.82, 2.24) is 4.90 Å². The van der Waals surface area contributed by atoms with Gasteiger partial charge in [0.25, 0.3) is 0 Å². The lowest BCUT2D eigenvalue weighted by Gasteiger charge is -2.32. The molecule has 0 rings (SSSR count). The molecule has 1 atom stereocenters. The van der Waals surface area contributed by atoms with Gasteiger partial charge in [-0.3, -0.25) is 4.79 Å². The molecule has 30 heavy (non-hydrogen) atoms. The Morgan fingerprint density at radius 1 is 0.833 bits per heavy atom. The van der Waals surface area contributed by atoms with Gasteiger partial charge >= 0.3 is 0 Å². The summed E-state index contributed by atoms with van der Waals surface area (Å²) < 4.78 is 0. The van der Waals surface area contributed by atoms with Gasteiger partial charge in [-0.25, -0.2) is 0 Å². The summed E-state index contributed by atoms with van der Waals surface area (Å²) in [6.07, 6.45) is 21.9. The van der Waals surface area contributed by atoms with Crippen molar-refractivity contribution in [1.29, 1.82) is 0 Å². The summed E-state index contributed by atoms with van der Waals surface area (Å²) in [5, 5.41) is 18.8. The van der Waals surface area contributed by atoms with E-state index < -0.39 is 0 Å². The molecule has 0 radical (unpaired) electrons. The van der Waals surface area contributed by atoms with Crippen LogP contribution in [0.25, 0.3) is 0 Å². The molecule has 0 bridgehead atoms. The van der Waals surface area contributed by atoms with Crippen molar-refractivity contribution in [3.63, 3.8) is 0 Å². The zero-order valence-electron chi connectivity index (χ0n) is 20.3. The van der Waals surface area contributed by atoms with Gasteiger partial charge in [-0.05, 0) is 44.4 Å². The number of aliphatic hydroxyl groups is 2. The maximum atomic E-state index is 12.6. The molecule has 2 N–H and O–H groups in total. The molecule has 0 fully saturated rings. The summed E-state index contributed by atoms with van der Waals surface area (Å²) in [5.41, 5.74) is 0. The molecule has 0 aliphatic rings. The van der Waals surface area contributed by atoms with Crippen LogP contribution in [0.15, 0.2) is 12.2 Å². The van der Waals surface area contributed by atoms with E-state index in [0.717, 1.165) is 12.8 Å². The SMILES string of the molecule is CCCCCCCC/C=C\CCCCCCCC(=O)N(CC(C)C)C(CO)CCO. The minimum Gasteiger partial charge on any atom is -0.396 e. The van der Waals surface area contributed by atoms with Crippen LogP contribution in [-0.4, -0.2) is 46.8 Å². The van der Waals surface area contributed by atoms with Crippen molar-refractivity contribution in [2.75, 3.05) is 19.8 Å². The number of hydrogen-bond acceptors (Lipinski definition) is 3. The maximum absolute atomic E-state index is 12.6. The van der Waals surface area contributed by atoms with Crippen molar-refractivity contribution in [2.24, 2.45) is 5.92 Å². The molecule has 0 aliphatic carbocycles. The number of aliphatic hydroxyl groups excluding tert-OH is 2. The Morgan fingerprint density at radius 3 is 1.87 bits per heavy atom. The number of allylic oxidation sites excluding steroid dienone is 2. The Kier molecular flexibility index (Phi) is 20.7. The molecule has 0 saturated heterocycles. The number of nitrogens with zero attached hydrogens (tertiary/aromatic N) is 1. The fourth-order valence-electron chi connectivity index (χ4n) is 3.83. The second-order valence-corrected chi connectivity index (χ2v) is 9.12. The quantitative estimate of drug-likeness (QED) is 0.169. The molecular weight excluding hydrogens is 374 g/mol. The summed E-state index contributed by atoms with van der Waals surface area (Å²) in [7, 11) is 0. The molecule has 1 amide bonds. The number of hydrogen-bond donors (Lipinski definition) is 2. The van der Waals surface area contributed by atoms with E-state index in [1.165, 1.54) is 70.6 Å². The lowest BCUT2D eigenvalue weighted by Crippen LogP contribution is -2.44. The Labute approximate surface area is 187 Å². The minimum atomic E-state index is -0.256. The van der Waals surface area contributed by atoms with E-state index in [1.54, 1.807) is 4.90 Å². The van der Waals surface area contributed by atoms with Crippen molar-refractivity contribution < 1.29 is 15.0 Å². The molecule has 0 aromatic carbocycles. The molecule has 0 heterocycles. The van der Waals surface area contributed by atoms with Gasteiger partial charge in [0.05, 0.1) is 12.6 Å². The molecule has 0 aliphatic heterocycles. The normalized spacial score (nSPS) is 12.7. The first-order valence-corrected chi connectivity index (χ1v) is 12.7. The van der Waals surface area contributed by atoms with Gasteiger partial charge in [0, 0.05) is 19.6 Å². The Balaban J connectivity index is 3.77. The van der Waals surface area contributed by atoms with Gasteiger partial charge < -0.3 is 15.1 Å². The Morgan fingerprint density at radius 2 is 1.37 bits per heavy atom. The van der Waals surface area contributed by atoms with Crippen LogP contribution in [-0.2, 0) is 4.79 Å². The number of carbonyl (C=O) groups is 1. The highest BCUT2D eigenvalue weighted by atomic mass is 16.3. The van der Waals surface area contributed by atoms with Gasteiger partial charge in [0.1, 0.15) is 0 Å². The first-order chi connectivity index (χ1) is 14.6. The van der Waals surface area contributed by atoms with Crippen molar-refractivity contribution in [2.45, 2.75) is 123 Å². The molecule has 0 aromatic heterocycles. The molecule has 4 nitrogen and oxygen atoms in total. The van der Waals surface area contributed by atoms with Crippen LogP contribution < -0.4 is 0 Å². The van der Waals surface area contributed by atoms with E-state index >= 15 is 0 Å². The minimum absolute atomic E-state index is 0.000503. The summed E-state index contributed by atoms with van der Waals surface area (Å²) in [6, 6.07) is -0.256. The molecule has 4 heteroatoms. The number of rotatable bonds is 21. The third-order valence-corrected chi connectivity index (χ3v) is 5.65. The maximum Gasteiger partial charge on any atom is 0.222 e. The first kappa shape index (κ1) is 29.1. The Hall–Kier alpha value is -0.870. The number of carbonyl (C=O) groups excluding carboxylic acids is 1. The highest BCUT2D eigenvalue weighted by molar-refractivity contribution is 5.76. The molecule has 178 valence electrons. The lowest BCUT2D eigenvalue weighted by atomic mass is 10.1. The van der Waals surface area contributed by atoms with E-state index in [0.29, 0.717) is 25.3 Å². The third kappa shape index (κ3) is 16.9. The Bertz CT molecular complexity index is 409. The van der Waals surface area contributed by atoms with Gasteiger partial charge in [-0.1, -0.05) is 84.3 Å². The standard InChI is InChI=1S/C26H51NO3/c1-4-5-6-7-8-9-10-11-12-13-14-15-16-17-18-19-26(30)27(22-24(2)3)25(23-29)20-21-28/h11-12,24-25,28-29H,4-10,13-23H2,1-3H3/b12-11-. The summed E-state index contributed by atoms with van der Waals surface area (Å²) in [4.78, 5) is 14.4. The van der Waals surface area contributed by atoms with Gasteiger partial charge in [0.15, 0.2) is 0 Å². The van der Waals surface area contributed by atoms with Crippen molar-refractivity contribution in [3.05, 3.63) is 12.2 Å². The highest BCUT2D eigenvalue weighted by Gasteiger charge is 2.23. The van der Waals surface area contributed by atoms with E-state index in [9.17, 15) is 15.0 Å². The number of unbranched alkanes of at least 4 members (excludes halogenated alkanes) is 11. The zero-order valence-corrected chi connectivity index (χ0v) is 20.3. The second kappa shape index (κ2) is 21.4. The molecule has 0 spiro atoms. The van der Waals surface area contributed by atoms with Gasteiger partial charge in [0.2, 0.25) is 5.91 Å². The van der Waals surface area contributed by atoms with Gasteiger partial charge in [-0.15, -0.1) is 0 Å². The fourth-order valence-corrected chi connectivity index (χ4v) is 3.83. The van der Waals surface area contributed by atoms with Crippen LogP contribution in [0.1, 0.15) is 117 Å². The predicted molar refractivity (Wildman–Crippen MR) is 129 cm³/mol. The molecule has 0 aromatic rings. The topological polar surface area (TPSA) is 60.8 Å². The molecule has 0 saturated carbocycles. The third-order valence-electron chi connectivity index (χ3n) is 5.65. The van der Waals surface area contributed by atoms with Crippen LogP contribution in [0.3, 0.4) is 0 Å². The number of amides is 1. The van der Waals surface area contributed by atoms with Crippen molar-refractivity contribution in [3.8, 4) is 0 Å². The highest BCUT2D eigenvalue weighted by Crippen LogP contribution is 2.14. The van der Waals surface area contributed by atoms with E-state index in [-0.39, 0.29) is 25.2 Å². The van der Waals surface area contributed by atoms with E-state index in [2.05, 4.69) is 32.9 Å². The predicted octanol–water partition coefficient (Wildman–Crippen LogP) is 6.25. The van der Waals surface area contributed by atoms with Crippen LogP contribution in [0.4, 0.5) is 0 Å². The van der Waals surface area contributed by atoms with Crippen LogP contribution in [0, 0.1) is 5.92 Å². The lowest BCUT2D eigenvalue weighted by molar-refractivity contribution is -0.135. The van der Waals surface area contributed by atoms with Crippen LogP contribution >= 0.6 is 0 Å². The summed E-state index contributed by atoms with van der Waals surface area (Å²) in [5.74, 6) is 0.477. The largest absolute Gasteiger partial charge is 0.396 e. The first-order valence-electron chi connectivity index (χ1n) is 12.7. The fraction of sp³-hybridized carbons (Fsp3) is 0.885. The summed E-state index contributed by atoms with van der Waals surface area (Å²) >= 11 is 0. The second-order valence-electron chi connectivity index (χ2n) is 9.12. The average molecular weight is 426 g/mol. The molecule has 1 unspecified atom stereocenters. The smallest absolute Gasteiger partial charge is 0.222 e. The van der Waals surface area contributed by atoms with Crippen LogP contribution in [0.5, 0.6) is 0 Å². The summed E-state index contributed by atoms with van der Waals surface area (Å²) in [6.45, 7) is 6.99. The monoisotopic (exact) mass is 425 g/mol.